The molecule has 0 rings (SSSR count). The smallest absolute Gasteiger partial charge is 0.221 e. The van der Waals surface area contributed by atoms with Crippen LogP contribution in [0.25, 0.3) is 0 Å². The molecule has 19 heavy (non-hydrogen) atoms. The number of nitrogens with one attached hydrogen (secondary N) is 2. The van der Waals surface area contributed by atoms with Crippen LogP contribution in [0.4, 0.5) is 0 Å². The summed E-state index contributed by atoms with van der Waals surface area (Å²) in [6.45, 7) is 7.47. The third-order valence-corrected chi connectivity index (χ3v) is 2.41. The molecule has 0 unspecified atom stereocenters. The van der Waals surface area contributed by atoms with Crippen LogP contribution < -0.4 is 10.6 Å². The zero-order valence-corrected chi connectivity index (χ0v) is 12.5. The predicted octanol–water partition coefficient (Wildman–Crippen LogP) is 0.400. The monoisotopic (exact) mass is 274 g/mol. The van der Waals surface area contributed by atoms with Gasteiger partial charge in [0.1, 0.15) is 0 Å². The normalized spacial score (nSPS) is 12.1. The summed E-state index contributed by atoms with van der Waals surface area (Å²) in [5.74, 6) is -1.44. The van der Waals surface area contributed by atoms with E-state index in [2.05, 4.69) is 10.6 Å². The van der Waals surface area contributed by atoms with Crippen molar-refractivity contribution >= 4 is 11.8 Å². The minimum Gasteiger partial charge on any atom is -0.366 e. The van der Waals surface area contributed by atoms with E-state index in [1.807, 2.05) is 13.8 Å². The van der Waals surface area contributed by atoms with E-state index in [1.165, 1.54) is 0 Å². The molecule has 0 aliphatic carbocycles. The summed E-state index contributed by atoms with van der Waals surface area (Å²) in [4.78, 5) is 22.7. The zero-order valence-electron chi connectivity index (χ0n) is 12.5. The van der Waals surface area contributed by atoms with Crippen LogP contribution in [0.2, 0.25) is 0 Å². The van der Waals surface area contributed by atoms with Crippen molar-refractivity contribution in [3.05, 3.63) is 0 Å². The molecule has 6 nitrogen and oxygen atoms in total. The fraction of sp³-hybridized carbons (Fsp3) is 0.846. The average molecular weight is 274 g/mol. The number of rotatable bonds is 8. The Morgan fingerprint density at radius 2 is 1.74 bits per heavy atom. The van der Waals surface area contributed by atoms with Gasteiger partial charge < -0.3 is 20.5 Å². The molecule has 0 radical (unpaired) electrons. The van der Waals surface area contributed by atoms with E-state index in [1.54, 1.807) is 20.9 Å². The molecule has 0 heterocycles. The van der Waals surface area contributed by atoms with Gasteiger partial charge in [0.05, 0.1) is 6.61 Å². The minimum absolute atomic E-state index is 0.107. The van der Waals surface area contributed by atoms with Crippen LogP contribution in [-0.4, -0.2) is 42.9 Å². The fourth-order valence-corrected chi connectivity index (χ4v) is 1.36. The summed E-state index contributed by atoms with van der Waals surface area (Å²) in [7, 11) is 1.56. The van der Waals surface area contributed by atoms with Crippen LogP contribution in [0.15, 0.2) is 0 Å². The van der Waals surface area contributed by atoms with Crippen molar-refractivity contribution in [2.45, 2.75) is 46.3 Å². The van der Waals surface area contributed by atoms with E-state index in [0.29, 0.717) is 6.54 Å². The Hall–Kier alpha value is -1.14. The van der Waals surface area contributed by atoms with Gasteiger partial charge in [-0.25, -0.2) is 0 Å². The highest BCUT2D eigenvalue weighted by molar-refractivity contribution is 5.79. The van der Waals surface area contributed by atoms with Gasteiger partial charge in [0.15, 0.2) is 5.79 Å². The van der Waals surface area contributed by atoms with Crippen molar-refractivity contribution in [1.29, 1.82) is 0 Å². The minimum atomic E-state index is -1.20. The Morgan fingerprint density at radius 1 is 1.16 bits per heavy atom. The maximum Gasteiger partial charge on any atom is 0.221 e. The third-order valence-electron chi connectivity index (χ3n) is 2.41. The second-order valence-corrected chi connectivity index (χ2v) is 5.85. The van der Waals surface area contributed by atoms with Crippen LogP contribution in [0.3, 0.4) is 0 Å². The Bertz CT molecular complexity index is 308. The first-order valence-corrected chi connectivity index (χ1v) is 6.39. The molecular formula is C13H26N2O4. The second kappa shape index (κ2) is 7.45. The molecule has 6 heteroatoms. The maximum absolute atomic E-state index is 11.7. The second-order valence-electron chi connectivity index (χ2n) is 5.85. The number of ether oxygens (including phenoxy) is 1. The molecule has 0 saturated carbocycles. The predicted molar refractivity (Wildman–Crippen MR) is 72.3 cm³/mol. The number of hydrogen-bond acceptors (Lipinski definition) is 4. The van der Waals surface area contributed by atoms with Crippen LogP contribution in [0, 0.1) is 5.41 Å². The molecule has 0 spiro atoms. The molecular weight excluding hydrogens is 248 g/mol. The molecule has 112 valence electrons. The van der Waals surface area contributed by atoms with E-state index in [0.717, 1.165) is 0 Å². The van der Waals surface area contributed by atoms with Gasteiger partial charge in [-0.2, -0.15) is 0 Å². The highest BCUT2D eigenvalue weighted by atomic mass is 16.6. The molecule has 0 aromatic carbocycles. The first-order valence-electron chi connectivity index (χ1n) is 6.39. The lowest BCUT2D eigenvalue weighted by molar-refractivity contribution is -0.192. The lowest BCUT2D eigenvalue weighted by Gasteiger charge is -2.28. The zero-order chi connectivity index (χ0) is 15.1. The highest BCUT2D eigenvalue weighted by Gasteiger charge is 2.25. The Kier molecular flexibility index (Phi) is 7.00. The van der Waals surface area contributed by atoms with Gasteiger partial charge in [0.2, 0.25) is 11.8 Å². The van der Waals surface area contributed by atoms with Gasteiger partial charge in [-0.05, 0) is 19.3 Å². The lowest BCUT2D eigenvalue weighted by Crippen LogP contribution is -2.36. The van der Waals surface area contributed by atoms with E-state index < -0.39 is 5.79 Å². The molecule has 3 N–H and O–H groups in total. The van der Waals surface area contributed by atoms with Crippen LogP contribution in [0.1, 0.15) is 40.5 Å². The Balaban J connectivity index is 3.99. The van der Waals surface area contributed by atoms with Gasteiger partial charge in [-0.1, -0.05) is 13.8 Å². The van der Waals surface area contributed by atoms with Crippen molar-refractivity contribution in [3.63, 3.8) is 0 Å². The third kappa shape index (κ3) is 10.5. The molecule has 0 fully saturated rings. The number of hydrogen-bond donors (Lipinski definition) is 3. The van der Waals surface area contributed by atoms with Crippen molar-refractivity contribution < 1.29 is 19.4 Å². The molecule has 0 bridgehead atoms. The van der Waals surface area contributed by atoms with Gasteiger partial charge >= 0.3 is 0 Å². The SMILES string of the molecule is CNC(=O)CCNC(=O)CC(C)(C)COC(C)(C)O. The fourth-order valence-electron chi connectivity index (χ4n) is 1.36. The number of carbonyl (C=O) groups excluding carboxylic acids is 2. The van der Waals surface area contributed by atoms with Crippen molar-refractivity contribution in [1.82, 2.24) is 10.6 Å². The van der Waals surface area contributed by atoms with Crippen molar-refractivity contribution in [3.8, 4) is 0 Å². The number of aliphatic hydroxyl groups is 1. The first-order chi connectivity index (χ1) is 8.56. The Morgan fingerprint density at radius 3 is 2.21 bits per heavy atom. The molecule has 0 aromatic heterocycles. The van der Waals surface area contributed by atoms with E-state index in [4.69, 9.17) is 4.74 Å². The topological polar surface area (TPSA) is 87.7 Å². The highest BCUT2D eigenvalue weighted by Crippen LogP contribution is 2.22. The average Bonchev–Trinajstić information content (AvgIpc) is 2.25. The maximum atomic E-state index is 11.7. The van der Waals surface area contributed by atoms with Crippen molar-refractivity contribution in [2.24, 2.45) is 5.41 Å². The van der Waals surface area contributed by atoms with Crippen LogP contribution in [-0.2, 0) is 14.3 Å². The largest absolute Gasteiger partial charge is 0.366 e. The van der Waals surface area contributed by atoms with E-state index in [9.17, 15) is 14.7 Å². The van der Waals surface area contributed by atoms with Gasteiger partial charge in [0.25, 0.3) is 0 Å². The molecule has 0 aliphatic heterocycles. The molecule has 0 aromatic rings. The summed E-state index contributed by atoms with van der Waals surface area (Å²) in [5, 5.41) is 14.6. The van der Waals surface area contributed by atoms with Crippen molar-refractivity contribution in [2.75, 3.05) is 20.2 Å². The standard InChI is InChI=1S/C13H26N2O4/c1-12(2,9-19-13(3,4)18)8-11(17)15-7-6-10(16)14-5/h18H,6-9H2,1-5H3,(H,14,16)(H,15,17). The number of amides is 2. The summed E-state index contributed by atoms with van der Waals surface area (Å²) in [6.07, 6.45) is 0.541. The van der Waals surface area contributed by atoms with Crippen LogP contribution in [0.5, 0.6) is 0 Å². The molecule has 2 amide bonds. The van der Waals surface area contributed by atoms with E-state index >= 15 is 0 Å². The van der Waals surface area contributed by atoms with Gasteiger partial charge in [-0.15, -0.1) is 0 Å². The van der Waals surface area contributed by atoms with Gasteiger partial charge in [0, 0.05) is 26.4 Å². The molecule has 0 atom stereocenters. The lowest BCUT2D eigenvalue weighted by atomic mass is 9.90. The summed E-state index contributed by atoms with van der Waals surface area (Å²) in [5.41, 5.74) is -0.378. The van der Waals surface area contributed by atoms with E-state index in [-0.39, 0.29) is 36.7 Å². The summed E-state index contributed by atoms with van der Waals surface area (Å²) < 4.78 is 5.27. The first kappa shape index (κ1) is 17.9. The van der Waals surface area contributed by atoms with Crippen LogP contribution >= 0.6 is 0 Å². The van der Waals surface area contributed by atoms with Gasteiger partial charge in [-0.3, -0.25) is 9.59 Å². The molecule has 0 saturated heterocycles. The number of carbonyl (C=O) groups is 2. The molecule has 0 aliphatic rings. The summed E-state index contributed by atoms with van der Waals surface area (Å²) in [6, 6.07) is 0. The summed E-state index contributed by atoms with van der Waals surface area (Å²) >= 11 is 0. The quantitative estimate of drug-likeness (QED) is 0.559. The Labute approximate surface area is 114 Å².